The molecule has 0 radical (unpaired) electrons. The van der Waals surface area contributed by atoms with E-state index in [9.17, 15) is 9.18 Å². The Morgan fingerprint density at radius 1 is 1.28 bits per heavy atom. The Hall–Kier alpha value is -3.00. The molecule has 1 N–H and O–H groups in total. The maximum Gasteiger partial charge on any atom is 0.272 e. The lowest BCUT2D eigenvalue weighted by Crippen LogP contribution is -2.31. The average molecular weight is 396 g/mol. The molecule has 1 aliphatic heterocycles. The van der Waals surface area contributed by atoms with Crippen molar-refractivity contribution in [3.05, 3.63) is 59.3 Å². The van der Waals surface area contributed by atoms with E-state index in [1.54, 1.807) is 18.2 Å². The van der Waals surface area contributed by atoms with E-state index in [2.05, 4.69) is 26.3 Å². The van der Waals surface area contributed by atoms with Crippen molar-refractivity contribution in [1.82, 2.24) is 29.8 Å². The standard InChI is InChI=1S/C21H25FN6O/c1-26(2)13-16-11-18(25-27(16)3)20-5-4-10-28(20)21(29)19-12-17(23-24-19)14-6-8-15(22)9-7-14/h6-9,11-12,20H,4-5,10,13H2,1-3H3,(H,23,24)/t20-/m1/s1. The normalized spacial score (nSPS) is 16.7. The van der Waals surface area contributed by atoms with Crippen molar-refractivity contribution in [2.75, 3.05) is 20.6 Å². The zero-order valence-corrected chi connectivity index (χ0v) is 16.9. The Morgan fingerprint density at radius 3 is 2.76 bits per heavy atom. The highest BCUT2D eigenvalue weighted by molar-refractivity contribution is 5.93. The van der Waals surface area contributed by atoms with Crippen molar-refractivity contribution in [3.8, 4) is 11.3 Å². The molecule has 3 aromatic rings. The molecule has 0 spiro atoms. The van der Waals surface area contributed by atoms with Gasteiger partial charge in [0.25, 0.3) is 5.91 Å². The molecule has 3 heterocycles. The summed E-state index contributed by atoms with van der Waals surface area (Å²) in [7, 11) is 5.98. The minimum absolute atomic E-state index is 0.0396. The minimum atomic E-state index is -0.301. The maximum absolute atomic E-state index is 13.2. The number of hydrogen-bond donors (Lipinski definition) is 1. The number of aryl methyl sites for hydroxylation is 1. The van der Waals surface area contributed by atoms with Gasteiger partial charge < -0.3 is 9.80 Å². The Kier molecular flexibility index (Phi) is 5.19. The van der Waals surface area contributed by atoms with Crippen LogP contribution in [0, 0.1) is 5.82 Å². The number of H-pyrrole nitrogens is 1. The van der Waals surface area contributed by atoms with Crippen LogP contribution in [-0.4, -0.2) is 56.3 Å². The van der Waals surface area contributed by atoms with Crippen molar-refractivity contribution in [1.29, 1.82) is 0 Å². The van der Waals surface area contributed by atoms with Gasteiger partial charge in [0, 0.05) is 25.7 Å². The predicted molar refractivity (Wildman–Crippen MR) is 108 cm³/mol. The Bertz CT molecular complexity index is 1010. The lowest BCUT2D eigenvalue weighted by Gasteiger charge is -2.22. The summed E-state index contributed by atoms with van der Waals surface area (Å²) in [6, 6.07) is 9.84. The Morgan fingerprint density at radius 2 is 2.03 bits per heavy atom. The van der Waals surface area contributed by atoms with E-state index in [1.165, 1.54) is 12.1 Å². The molecule has 152 valence electrons. The number of aromatic amines is 1. The van der Waals surface area contributed by atoms with Crippen LogP contribution in [0.4, 0.5) is 4.39 Å². The smallest absolute Gasteiger partial charge is 0.272 e. The molecule has 1 amide bonds. The Labute approximate surface area is 169 Å². The highest BCUT2D eigenvalue weighted by Gasteiger charge is 2.33. The Balaban J connectivity index is 1.55. The predicted octanol–water partition coefficient (Wildman–Crippen LogP) is 2.99. The van der Waals surface area contributed by atoms with Crippen molar-refractivity contribution >= 4 is 5.91 Å². The van der Waals surface area contributed by atoms with Crippen LogP contribution in [0.25, 0.3) is 11.3 Å². The number of amides is 1. The topological polar surface area (TPSA) is 70.1 Å². The molecule has 29 heavy (non-hydrogen) atoms. The molecule has 7 nitrogen and oxygen atoms in total. The SMILES string of the molecule is CN(C)Cc1cc([C@H]2CCCN2C(=O)c2cc(-c3ccc(F)cc3)n[nH]2)nn1C. The number of nitrogens with zero attached hydrogens (tertiary/aromatic N) is 5. The quantitative estimate of drug-likeness (QED) is 0.720. The molecule has 1 aromatic carbocycles. The second kappa shape index (κ2) is 7.79. The first-order valence-electron chi connectivity index (χ1n) is 9.72. The monoisotopic (exact) mass is 396 g/mol. The molecule has 8 heteroatoms. The number of likely N-dealkylation sites (tertiary alicyclic amines) is 1. The number of benzene rings is 1. The number of halogens is 1. The van der Waals surface area contributed by atoms with Crippen LogP contribution in [0.15, 0.2) is 36.4 Å². The van der Waals surface area contributed by atoms with E-state index >= 15 is 0 Å². The third-order valence-corrected chi connectivity index (χ3v) is 5.28. The number of carbonyl (C=O) groups excluding carboxylic acids is 1. The molecule has 0 saturated carbocycles. The van der Waals surface area contributed by atoms with Gasteiger partial charge in [-0.1, -0.05) is 0 Å². The van der Waals surface area contributed by atoms with Crippen LogP contribution in [-0.2, 0) is 13.6 Å². The first-order valence-corrected chi connectivity index (χ1v) is 9.72. The van der Waals surface area contributed by atoms with Gasteiger partial charge in [0.15, 0.2) is 0 Å². The lowest BCUT2D eigenvalue weighted by atomic mass is 10.1. The van der Waals surface area contributed by atoms with Crippen LogP contribution < -0.4 is 0 Å². The summed E-state index contributed by atoms with van der Waals surface area (Å²) in [5.74, 6) is -0.391. The molecule has 0 unspecified atom stereocenters. The van der Waals surface area contributed by atoms with Crippen LogP contribution in [0.5, 0.6) is 0 Å². The van der Waals surface area contributed by atoms with Gasteiger partial charge in [-0.2, -0.15) is 10.2 Å². The van der Waals surface area contributed by atoms with Crippen molar-refractivity contribution in [2.24, 2.45) is 7.05 Å². The van der Waals surface area contributed by atoms with Crippen molar-refractivity contribution in [2.45, 2.75) is 25.4 Å². The van der Waals surface area contributed by atoms with Gasteiger partial charge in [0.05, 0.1) is 23.1 Å². The van der Waals surface area contributed by atoms with Gasteiger partial charge in [-0.25, -0.2) is 4.39 Å². The summed E-state index contributed by atoms with van der Waals surface area (Å²) >= 11 is 0. The fourth-order valence-corrected chi connectivity index (χ4v) is 3.84. The first kappa shape index (κ1) is 19.3. The van der Waals surface area contributed by atoms with E-state index in [-0.39, 0.29) is 17.8 Å². The van der Waals surface area contributed by atoms with Gasteiger partial charge >= 0.3 is 0 Å². The second-order valence-electron chi connectivity index (χ2n) is 7.75. The fraction of sp³-hybridized carbons (Fsp3) is 0.381. The van der Waals surface area contributed by atoms with Crippen LogP contribution in [0.2, 0.25) is 0 Å². The summed E-state index contributed by atoms with van der Waals surface area (Å²) in [5.41, 5.74) is 3.85. The number of carbonyl (C=O) groups is 1. The lowest BCUT2D eigenvalue weighted by molar-refractivity contribution is 0.0726. The highest BCUT2D eigenvalue weighted by Crippen LogP contribution is 2.33. The molecule has 1 atom stereocenters. The van der Waals surface area contributed by atoms with E-state index in [4.69, 9.17) is 0 Å². The molecule has 4 rings (SSSR count). The highest BCUT2D eigenvalue weighted by atomic mass is 19.1. The number of hydrogen-bond acceptors (Lipinski definition) is 4. The molecule has 1 aliphatic rings. The third-order valence-electron chi connectivity index (χ3n) is 5.28. The summed E-state index contributed by atoms with van der Waals surface area (Å²) in [6.45, 7) is 1.49. The van der Waals surface area contributed by atoms with Crippen molar-refractivity contribution < 1.29 is 9.18 Å². The summed E-state index contributed by atoms with van der Waals surface area (Å²) < 4.78 is 15.0. The zero-order chi connectivity index (χ0) is 20.5. The molecule has 1 saturated heterocycles. The molecular formula is C21H25FN6O. The third kappa shape index (κ3) is 3.93. The van der Waals surface area contributed by atoms with E-state index in [0.29, 0.717) is 17.9 Å². The molecule has 0 bridgehead atoms. The van der Waals surface area contributed by atoms with Crippen LogP contribution >= 0.6 is 0 Å². The fourth-order valence-electron chi connectivity index (χ4n) is 3.84. The molecule has 0 aliphatic carbocycles. The molecule has 2 aromatic heterocycles. The summed E-state index contributed by atoms with van der Waals surface area (Å²) in [4.78, 5) is 17.1. The maximum atomic E-state index is 13.2. The van der Waals surface area contributed by atoms with Crippen molar-refractivity contribution in [3.63, 3.8) is 0 Å². The summed E-state index contributed by atoms with van der Waals surface area (Å²) in [6.07, 6.45) is 1.83. The number of rotatable bonds is 5. The van der Waals surface area contributed by atoms with Gasteiger partial charge in [0.1, 0.15) is 11.5 Å². The molecular weight excluding hydrogens is 371 g/mol. The van der Waals surface area contributed by atoms with Gasteiger partial charge in [0.2, 0.25) is 0 Å². The second-order valence-corrected chi connectivity index (χ2v) is 7.75. The summed E-state index contributed by atoms with van der Waals surface area (Å²) in [5, 5.41) is 11.7. The minimum Gasteiger partial charge on any atom is -0.329 e. The van der Waals surface area contributed by atoms with Gasteiger partial charge in [-0.3, -0.25) is 14.6 Å². The largest absolute Gasteiger partial charge is 0.329 e. The first-order chi connectivity index (χ1) is 13.9. The van der Waals surface area contributed by atoms with Gasteiger partial charge in [-0.15, -0.1) is 0 Å². The number of aromatic nitrogens is 4. The average Bonchev–Trinajstić information content (AvgIpc) is 3.41. The van der Waals surface area contributed by atoms with E-state index in [0.717, 1.165) is 36.3 Å². The van der Waals surface area contributed by atoms with Crippen LogP contribution in [0.3, 0.4) is 0 Å². The van der Waals surface area contributed by atoms with E-state index < -0.39 is 0 Å². The van der Waals surface area contributed by atoms with Gasteiger partial charge in [-0.05, 0) is 63.3 Å². The molecule has 1 fully saturated rings. The van der Waals surface area contributed by atoms with E-state index in [1.807, 2.05) is 30.7 Å². The zero-order valence-electron chi connectivity index (χ0n) is 16.9. The van der Waals surface area contributed by atoms with Crippen LogP contribution in [0.1, 0.15) is 40.8 Å². The number of nitrogens with one attached hydrogen (secondary N) is 1.